The van der Waals surface area contributed by atoms with Gasteiger partial charge in [-0.2, -0.15) is 0 Å². The molecule has 1 aromatic rings. The first-order chi connectivity index (χ1) is 9.58. The lowest BCUT2D eigenvalue weighted by molar-refractivity contribution is -0.131. The fourth-order valence-electron chi connectivity index (χ4n) is 2.74. The van der Waals surface area contributed by atoms with Gasteiger partial charge in [-0.3, -0.25) is 4.79 Å². The lowest BCUT2D eigenvalue weighted by Crippen LogP contribution is -2.35. The van der Waals surface area contributed by atoms with Crippen molar-refractivity contribution in [1.29, 1.82) is 0 Å². The number of carbonyl (C=O) groups excluding carboxylic acids is 1. The van der Waals surface area contributed by atoms with E-state index in [1.807, 2.05) is 0 Å². The molecule has 0 unspecified atom stereocenters. The Bertz CT molecular complexity index is 620. The van der Waals surface area contributed by atoms with Crippen molar-refractivity contribution in [2.75, 3.05) is 11.4 Å². The molecule has 1 N–H and O–H groups in total. The van der Waals surface area contributed by atoms with Gasteiger partial charge in [0.15, 0.2) is 0 Å². The molecule has 0 saturated heterocycles. The first-order valence-corrected chi connectivity index (χ1v) is 6.63. The smallest absolute Gasteiger partial charge is 0.329 e. The number of aliphatic carboxylic acids is 1. The molecule has 1 aliphatic heterocycles. The summed E-state index contributed by atoms with van der Waals surface area (Å²) in [6.45, 7) is 0.462. The summed E-state index contributed by atoms with van der Waals surface area (Å²) in [6.07, 6.45) is 4.06. The van der Waals surface area contributed by atoms with Crippen molar-refractivity contribution in [3.8, 4) is 0 Å². The first kappa shape index (κ1) is 12.8. The summed E-state index contributed by atoms with van der Waals surface area (Å²) in [5, 5.41) is 8.87. The van der Waals surface area contributed by atoms with E-state index in [0.717, 1.165) is 25.3 Å². The Balaban J connectivity index is 2.05. The zero-order valence-corrected chi connectivity index (χ0v) is 10.8. The standard InChI is InChI=1S/C15H14FNO3/c16-12-6-2-5-10-11(7-13(18)19)15(20)17(14(10)12)8-9-3-1-4-9/h2,5-7,9H,1,3-4,8H2,(H,18,19)/b11-7+. The van der Waals surface area contributed by atoms with Crippen molar-refractivity contribution < 1.29 is 19.1 Å². The van der Waals surface area contributed by atoms with E-state index in [1.54, 1.807) is 6.07 Å². The average Bonchev–Trinajstić information content (AvgIpc) is 2.59. The number of carboxylic acids is 1. The van der Waals surface area contributed by atoms with Crippen molar-refractivity contribution in [3.63, 3.8) is 0 Å². The fraction of sp³-hybridized carbons (Fsp3) is 0.333. The number of nitrogens with zero attached hydrogens (tertiary/aromatic N) is 1. The number of hydrogen-bond acceptors (Lipinski definition) is 2. The van der Waals surface area contributed by atoms with Gasteiger partial charge in [-0.25, -0.2) is 9.18 Å². The number of para-hydroxylation sites is 1. The second kappa shape index (κ2) is 4.74. The van der Waals surface area contributed by atoms with E-state index < -0.39 is 17.7 Å². The average molecular weight is 275 g/mol. The molecule has 0 bridgehead atoms. The summed E-state index contributed by atoms with van der Waals surface area (Å²) < 4.78 is 14.0. The number of fused-ring (bicyclic) bond motifs is 1. The van der Waals surface area contributed by atoms with Crippen LogP contribution in [0.25, 0.3) is 5.57 Å². The Morgan fingerprint density at radius 3 is 2.80 bits per heavy atom. The van der Waals surface area contributed by atoms with Gasteiger partial charge in [0.25, 0.3) is 5.91 Å². The zero-order valence-electron chi connectivity index (χ0n) is 10.8. The van der Waals surface area contributed by atoms with Crippen molar-refractivity contribution in [3.05, 3.63) is 35.7 Å². The third-order valence-corrected chi connectivity index (χ3v) is 3.96. The Morgan fingerprint density at radius 1 is 1.45 bits per heavy atom. The van der Waals surface area contributed by atoms with Crippen LogP contribution in [0.4, 0.5) is 10.1 Å². The highest BCUT2D eigenvalue weighted by Crippen LogP contribution is 2.40. The molecule has 0 atom stereocenters. The number of benzene rings is 1. The van der Waals surface area contributed by atoms with Gasteiger partial charge < -0.3 is 10.0 Å². The summed E-state index contributed by atoms with van der Waals surface area (Å²) in [5.41, 5.74) is 0.653. The minimum atomic E-state index is -1.20. The summed E-state index contributed by atoms with van der Waals surface area (Å²) >= 11 is 0. The normalized spacial score (nSPS) is 20.1. The molecular formula is C15H14FNO3. The largest absolute Gasteiger partial charge is 0.478 e. The maximum Gasteiger partial charge on any atom is 0.329 e. The Hall–Kier alpha value is -2.17. The SMILES string of the molecule is O=C(O)/C=C1/C(=O)N(CC2CCC2)c2c(F)cccc21. The van der Waals surface area contributed by atoms with E-state index in [-0.39, 0.29) is 11.3 Å². The molecule has 1 fully saturated rings. The third kappa shape index (κ3) is 1.99. The van der Waals surface area contributed by atoms with E-state index in [9.17, 15) is 14.0 Å². The number of amides is 1. The molecular weight excluding hydrogens is 261 g/mol. The van der Waals surface area contributed by atoms with Gasteiger partial charge in [-0.05, 0) is 24.8 Å². The van der Waals surface area contributed by atoms with Crippen LogP contribution in [0.1, 0.15) is 24.8 Å². The summed E-state index contributed by atoms with van der Waals surface area (Å²) in [5.74, 6) is -1.71. The molecule has 20 heavy (non-hydrogen) atoms. The molecule has 1 amide bonds. The number of carbonyl (C=O) groups is 2. The van der Waals surface area contributed by atoms with Gasteiger partial charge in [0.05, 0.1) is 11.3 Å². The molecule has 4 nitrogen and oxygen atoms in total. The quantitative estimate of drug-likeness (QED) is 0.862. The molecule has 0 radical (unpaired) electrons. The summed E-state index contributed by atoms with van der Waals surface area (Å²) in [7, 11) is 0. The predicted molar refractivity (Wildman–Crippen MR) is 71.7 cm³/mol. The number of hydrogen-bond donors (Lipinski definition) is 1. The maximum atomic E-state index is 14.0. The highest BCUT2D eigenvalue weighted by Gasteiger charge is 2.37. The van der Waals surface area contributed by atoms with Gasteiger partial charge >= 0.3 is 5.97 Å². The second-order valence-electron chi connectivity index (χ2n) is 5.24. The van der Waals surface area contributed by atoms with Crippen molar-refractivity contribution in [2.45, 2.75) is 19.3 Å². The monoisotopic (exact) mass is 275 g/mol. The number of rotatable bonds is 3. The molecule has 0 aromatic heterocycles. The fourth-order valence-corrected chi connectivity index (χ4v) is 2.74. The van der Waals surface area contributed by atoms with Crippen LogP contribution in [-0.4, -0.2) is 23.5 Å². The van der Waals surface area contributed by atoms with Crippen LogP contribution < -0.4 is 4.90 Å². The number of carboxylic acid groups (broad SMARTS) is 1. The van der Waals surface area contributed by atoms with Gasteiger partial charge in [0, 0.05) is 18.2 Å². The van der Waals surface area contributed by atoms with E-state index in [1.165, 1.54) is 17.0 Å². The molecule has 3 rings (SSSR count). The Kier molecular flexibility index (Phi) is 3.04. The van der Waals surface area contributed by atoms with Gasteiger partial charge in [0.1, 0.15) is 5.82 Å². The second-order valence-corrected chi connectivity index (χ2v) is 5.24. The molecule has 1 heterocycles. The highest BCUT2D eigenvalue weighted by molar-refractivity contribution is 6.34. The maximum absolute atomic E-state index is 14.0. The van der Waals surface area contributed by atoms with Crippen molar-refractivity contribution in [1.82, 2.24) is 0 Å². The number of anilines is 1. The van der Waals surface area contributed by atoms with Gasteiger partial charge in [-0.15, -0.1) is 0 Å². The molecule has 104 valence electrons. The van der Waals surface area contributed by atoms with Crippen LogP contribution >= 0.6 is 0 Å². The van der Waals surface area contributed by atoms with Gasteiger partial charge in [0.2, 0.25) is 0 Å². The van der Waals surface area contributed by atoms with E-state index in [4.69, 9.17) is 5.11 Å². The van der Waals surface area contributed by atoms with Crippen LogP contribution in [0.5, 0.6) is 0 Å². The molecule has 2 aliphatic rings. The Labute approximate surface area is 115 Å². The van der Waals surface area contributed by atoms with Gasteiger partial charge in [-0.1, -0.05) is 18.6 Å². The van der Waals surface area contributed by atoms with Crippen LogP contribution in [0, 0.1) is 11.7 Å². The lowest BCUT2D eigenvalue weighted by Gasteiger charge is -2.30. The van der Waals surface area contributed by atoms with Crippen LogP contribution in [0.2, 0.25) is 0 Å². The lowest BCUT2D eigenvalue weighted by atomic mass is 9.85. The molecule has 1 aliphatic carbocycles. The van der Waals surface area contributed by atoms with Crippen LogP contribution in [0.3, 0.4) is 0 Å². The number of halogens is 1. The van der Waals surface area contributed by atoms with Crippen molar-refractivity contribution >= 4 is 23.1 Å². The first-order valence-electron chi connectivity index (χ1n) is 6.63. The van der Waals surface area contributed by atoms with E-state index >= 15 is 0 Å². The Morgan fingerprint density at radius 2 is 2.20 bits per heavy atom. The van der Waals surface area contributed by atoms with Crippen LogP contribution in [-0.2, 0) is 9.59 Å². The molecule has 0 spiro atoms. The van der Waals surface area contributed by atoms with E-state index in [2.05, 4.69) is 0 Å². The van der Waals surface area contributed by atoms with E-state index in [0.29, 0.717) is 18.0 Å². The van der Waals surface area contributed by atoms with Crippen molar-refractivity contribution in [2.24, 2.45) is 5.92 Å². The minimum absolute atomic E-state index is 0.0614. The third-order valence-electron chi connectivity index (χ3n) is 3.96. The molecule has 5 heteroatoms. The molecule has 1 saturated carbocycles. The minimum Gasteiger partial charge on any atom is -0.478 e. The predicted octanol–water partition coefficient (Wildman–Crippen LogP) is 2.44. The zero-order chi connectivity index (χ0) is 14.3. The highest BCUT2D eigenvalue weighted by atomic mass is 19.1. The molecule has 1 aromatic carbocycles. The van der Waals surface area contributed by atoms with Crippen LogP contribution in [0.15, 0.2) is 24.3 Å². The summed E-state index contributed by atoms with van der Waals surface area (Å²) in [6, 6.07) is 4.37. The topological polar surface area (TPSA) is 57.6 Å². The summed E-state index contributed by atoms with van der Waals surface area (Å²) in [4.78, 5) is 24.6.